The number of aromatic nitrogens is 3. The largest absolute Gasteiger partial charge is 0.451 e. The monoisotopic (exact) mass is 445 g/mol. The van der Waals surface area contributed by atoms with Crippen molar-refractivity contribution < 1.29 is 31.1 Å². The second-order valence-electron chi connectivity index (χ2n) is 7.54. The highest BCUT2D eigenvalue weighted by Crippen LogP contribution is 2.35. The number of rotatable bonds is 2. The molecule has 0 spiro atoms. The molecular weight excluding hydrogens is 428 g/mol. The molecule has 6 nitrogen and oxygen atoms in total. The standard InChI is InChI=1S/C19H17F6N5O/c20-12-7-14(22)13(21)6-11(12)10-2-1-9(5-15(10)26)17(31)29-3-4-30-16(8-29)27-28-18(30)19(23,24)25/h1,6-7,10,15H,2-5,8,26H2/t10?,15-/m0/s1. The Hall–Kier alpha value is -2.89. The fourth-order valence-corrected chi connectivity index (χ4v) is 4.02. The van der Waals surface area contributed by atoms with Gasteiger partial charge in [-0.2, -0.15) is 13.2 Å². The molecule has 1 amide bonds. The topological polar surface area (TPSA) is 77.0 Å². The number of allylic oxidation sites excluding steroid dienone is 1. The molecule has 12 heteroatoms. The number of amides is 1. The number of carbonyl (C=O) groups is 1. The van der Waals surface area contributed by atoms with Crippen molar-refractivity contribution in [3.05, 3.63) is 58.4 Å². The predicted octanol–water partition coefficient (Wildman–Crippen LogP) is 2.89. The zero-order chi connectivity index (χ0) is 22.5. The molecule has 2 N–H and O–H groups in total. The molecule has 2 aliphatic rings. The van der Waals surface area contributed by atoms with Crippen molar-refractivity contribution in [2.75, 3.05) is 6.54 Å². The number of nitrogens with two attached hydrogens (primary N) is 1. The molecule has 1 aromatic carbocycles. The highest BCUT2D eigenvalue weighted by atomic mass is 19.4. The van der Waals surface area contributed by atoms with Gasteiger partial charge >= 0.3 is 6.18 Å². The molecule has 2 heterocycles. The third-order valence-corrected chi connectivity index (χ3v) is 5.60. The fourth-order valence-electron chi connectivity index (χ4n) is 4.02. The third kappa shape index (κ3) is 3.91. The van der Waals surface area contributed by atoms with E-state index in [1.807, 2.05) is 0 Å². The van der Waals surface area contributed by atoms with Crippen LogP contribution in [-0.2, 0) is 24.1 Å². The number of carbonyl (C=O) groups excluding carboxylic acids is 1. The Bertz CT molecular complexity index is 1060. The van der Waals surface area contributed by atoms with E-state index in [9.17, 15) is 31.1 Å². The molecule has 0 radical (unpaired) electrons. The molecular formula is C19H17F6N5O. The summed E-state index contributed by atoms with van der Waals surface area (Å²) in [5.74, 6) is -5.56. The molecule has 1 aliphatic heterocycles. The molecule has 2 aromatic rings. The van der Waals surface area contributed by atoms with E-state index in [0.29, 0.717) is 11.6 Å². The van der Waals surface area contributed by atoms with Gasteiger partial charge in [-0.1, -0.05) is 6.08 Å². The molecule has 0 saturated heterocycles. The SMILES string of the molecule is N[C@H]1CC(C(=O)N2CCn3c(nnc3C(F)(F)F)C2)=CCC1c1cc(F)c(F)cc1F. The van der Waals surface area contributed by atoms with Crippen LogP contribution >= 0.6 is 0 Å². The fraction of sp³-hybridized carbons (Fsp3) is 0.421. The van der Waals surface area contributed by atoms with Crippen LogP contribution in [0.15, 0.2) is 23.8 Å². The lowest BCUT2D eigenvalue weighted by atomic mass is 9.80. The van der Waals surface area contributed by atoms with Crippen molar-refractivity contribution in [3.8, 4) is 0 Å². The second kappa shape index (κ2) is 7.66. The number of halogens is 6. The average Bonchev–Trinajstić information content (AvgIpc) is 3.14. The van der Waals surface area contributed by atoms with Gasteiger partial charge in [-0.05, 0) is 24.5 Å². The molecule has 166 valence electrons. The molecule has 0 fully saturated rings. The van der Waals surface area contributed by atoms with Crippen LogP contribution < -0.4 is 5.73 Å². The minimum absolute atomic E-state index is 0.0226. The van der Waals surface area contributed by atoms with Gasteiger partial charge in [0.15, 0.2) is 17.5 Å². The van der Waals surface area contributed by atoms with Crippen LogP contribution in [0.4, 0.5) is 26.3 Å². The van der Waals surface area contributed by atoms with Gasteiger partial charge in [0.1, 0.15) is 5.82 Å². The summed E-state index contributed by atoms with van der Waals surface area (Å²) in [5.41, 5.74) is 6.37. The summed E-state index contributed by atoms with van der Waals surface area (Å²) in [4.78, 5) is 14.2. The Balaban J connectivity index is 1.50. The van der Waals surface area contributed by atoms with Crippen LogP contribution in [0.3, 0.4) is 0 Å². The van der Waals surface area contributed by atoms with E-state index in [4.69, 9.17) is 5.73 Å². The van der Waals surface area contributed by atoms with Gasteiger partial charge < -0.3 is 15.2 Å². The van der Waals surface area contributed by atoms with Crippen LogP contribution in [0.1, 0.15) is 36.0 Å². The summed E-state index contributed by atoms with van der Waals surface area (Å²) in [5, 5.41) is 6.71. The molecule has 0 bridgehead atoms. The van der Waals surface area contributed by atoms with Gasteiger partial charge in [0.05, 0.1) is 6.54 Å². The predicted molar refractivity (Wildman–Crippen MR) is 94.8 cm³/mol. The molecule has 4 rings (SSSR count). The summed E-state index contributed by atoms with van der Waals surface area (Å²) in [7, 11) is 0. The summed E-state index contributed by atoms with van der Waals surface area (Å²) >= 11 is 0. The van der Waals surface area contributed by atoms with E-state index >= 15 is 0 Å². The lowest BCUT2D eigenvalue weighted by Gasteiger charge is -2.33. The minimum atomic E-state index is -4.64. The van der Waals surface area contributed by atoms with E-state index in [-0.39, 0.29) is 43.9 Å². The van der Waals surface area contributed by atoms with Gasteiger partial charge in [0.25, 0.3) is 0 Å². The Kier molecular flexibility index (Phi) is 5.28. The lowest BCUT2D eigenvalue weighted by Crippen LogP contribution is -2.42. The quantitative estimate of drug-likeness (QED) is 0.570. The first-order valence-corrected chi connectivity index (χ1v) is 9.44. The number of nitrogens with zero attached hydrogens (tertiary/aromatic N) is 4. The summed E-state index contributed by atoms with van der Waals surface area (Å²) in [6.07, 6.45) is -2.90. The zero-order valence-corrected chi connectivity index (χ0v) is 16.0. The van der Waals surface area contributed by atoms with Crippen molar-refractivity contribution in [2.24, 2.45) is 5.73 Å². The molecule has 1 aliphatic carbocycles. The smallest absolute Gasteiger partial charge is 0.330 e. The Morgan fingerprint density at radius 1 is 1.06 bits per heavy atom. The van der Waals surface area contributed by atoms with Crippen molar-refractivity contribution in [1.29, 1.82) is 0 Å². The molecule has 31 heavy (non-hydrogen) atoms. The Labute approximate surface area is 172 Å². The maximum absolute atomic E-state index is 14.1. The maximum atomic E-state index is 14.1. The number of hydrogen-bond acceptors (Lipinski definition) is 4. The average molecular weight is 445 g/mol. The van der Waals surface area contributed by atoms with Gasteiger partial charge in [-0.25, -0.2) is 13.2 Å². The summed E-state index contributed by atoms with van der Waals surface area (Å²) < 4.78 is 80.6. The number of alkyl halides is 3. The van der Waals surface area contributed by atoms with E-state index < -0.39 is 47.3 Å². The van der Waals surface area contributed by atoms with Crippen molar-refractivity contribution >= 4 is 5.91 Å². The van der Waals surface area contributed by atoms with Crippen LogP contribution in [-0.4, -0.2) is 38.2 Å². The lowest BCUT2D eigenvalue weighted by molar-refractivity contribution is -0.148. The first-order valence-electron chi connectivity index (χ1n) is 9.44. The Morgan fingerprint density at radius 2 is 1.77 bits per heavy atom. The van der Waals surface area contributed by atoms with E-state index in [0.717, 1.165) is 10.6 Å². The van der Waals surface area contributed by atoms with Crippen molar-refractivity contribution in [3.63, 3.8) is 0 Å². The number of hydrogen-bond donors (Lipinski definition) is 1. The second-order valence-corrected chi connectivity index (χ2v) is 7.54. The minimum Gasteiger partial charge on any atom is -0.330 e. The maximum Gasteiger partial charge on any atom is 0.451 e. The molecule has 1 unspecified atom stereocenters. The van der Waals surface area contributed by atoms with Gasteiger partial charge in [-0.3, -0.25) is 4.79 Å². The van der Waals surface area contributed by atoms with Gasteiger partial charge in [0.2, 0.25) is 11.7 Å². The zero-order valence-electron chi connectivity index (χ0n) is 16.0. The van der Waals surface area contributed by atoms with Gasteiger partial charge in [0, 0.05) is 36.7 Å². The van der Waals surface area contributed by atoms with E-state index in [1.165, 1.54) is 4.90 Å². The normalized spacial score (nSPS) is 21.6. The highest BCUT2D eigenvalue weighted by Gasteiger charge is 2.40. The van der Waals surface area contributed by atoms with Gasteiger partial charge in [-0.15, -0.1) is 10.2 Å². The molecule has 0 saturated carbocycles. The van der Waals surface area contributed by atoms with Crippen molar-refractivity contribution in [1.82, 2.24) is 19.7 Å². The molecule has 1 aromatic heterocycles. The van der Waals surface area contributed by atoms with Crippen molar-refractivity contribution in [2.45, 2.75) is 44.1 Å². The number of benzene rings is 1. The van der Waals surface area contributed by atoms with Crippen LogP contribution in [0, 0.1) is 17.5 Å². The third-order valence-electron chi connectivity index (χ3n) is 5.60. The first-order chi connectivity index (χ1) is 14.6. The summed E-state index contributed by atoms with van der Waals surface area (Å²) in [6, 6.07) is 0.500. The molecule has 2 atom stereocenters. The van der Waals surface area contributed by atoms with Crippen LogP contribution in [0.25, 0.3) is 0 Å². The highest BCUT2D eigenvalue weighted by molar-refractivity contribution is 5.93. The van der Waals surface area contributed by atoms with E-state index in [2.05, 4.69) is 10.2 Å². The van der Waals surface area contributed by atoms with Crippen LogP contribution in [0.5, 0.6) is 0 Å². The van der Waals surface area contributed by atoms with E-state index in [1.54, 1.807) is 6.08 Å². The first kappa shape index (κ1) is 21.3. The van der Waals surface area contributed by atoms with Crippen LogP contribution in [0.2, 0.25) is 0 Å². The Morgan fingerprint density at radius 3 is 2.45 bits per heavy atom. The number of fused-ring (bicyclic) bond motifs is 1. The summed E-state index contributed by atoms with van der Waals surface area (Å²) in [6.45, 7) is -0.221.